The van der Waals surface area contributed by atoms with Crippen molar-refractivity contribution in [2.45, 2.75) is 26.8 Å². The minimum absolute atomic E-state index is 0.466. The lowest BCUT2D eigenvalue weighted by Gasteiger charge is -2.19. The van der Waals surface area contributed by atoms with Crippen molar-refractivity contribution in [3.63, 3.8) is 0 Å². The molecule has 7 nitrogen and oxygen atoms in total. The van der Waals surface area contributed by atoms with Crippen LogP contribution in [-0.4, -0.2) is 30.5 Å². The summed E-state index contributed by atoms with van der Waals surface area (Å²) in [5.74, 6) is -0.466. The standard InChI is InChI=1S/C8H14N3O4PS/c1-5-6(2)10-15-16(17,14-9-5)11-7(3)8(12)13-4/h7H,1-4H3,(H,11,17). The van der Waals surface area contributed by atoms with Crippen molar-refractivity contribution < 1.29 is 18.8 Å². The summed E-state index contributed by atoms with van der Waals surface area (Å²) in [7, 11) is 1.29. The van der Waals surface area contributed by atoms with Crippen molar-refractivity contribution >= 4 is 35.8 Å². The topological polar surface area (TPSA) is 81.5 Å². The van der Waals surface area contributed by atoms with Gasteiger partial charge in [0.25, 0.3) is 0 Å². The first kappa shape index (κ1) is 14.1. The van der Waals surface area contributed by atoms with Crippen LogP contribution in [0.3, 0.4) is 0 Å². The molecule has 1 atom stereocenters. The minimum Gasteiger partial charge on any atom is -0.468 e. The molecule has 9 heteroatoms. The summed E-state index contributed by atoms with van der Waals surface area (Å²) in [5, 5.41) is 10.3. The van der Waals surface area contributed by atoms with Crippen LogP contribution in [0, 0.1) is 0 Å². The van der Waals surface area contributed by atoms with E-state index in [-0.39, 0.29) is 0 Å². The molecule has 0 aromatic carbocycles. The number of hydrogen-bond acceptors (Lipinski definition) is 7. The Labute approximate surface area is 104 Å². The largest absolute Gasteiger partial charge is 0.468 e. The van der Waals surface area contributed by atoms with Crippen LogP contribution >= 0.6 is 6.64 Å². The van der Waals surface area contributed by atoms with Gasteiger partial charge in [-0.1, -0.05) is 10.3 Å². The van der Waals surface area contributed by atoms with E-state index >= 15 is 0 Å². The van der Waals surface area contributed by atoms with Gasteiger partial charge in [0.1, 0.15) is 17.5 Å². The van der Waals surface area contributed by atoms with Gasteiger partial charge in [-0.2, -0.15) is 0 Å². The fraction of sp³-hybridized carbons (Fsp3) is 0.625. The summed E-state index contributed by atoms with van der Waals surface area (Å²) in [6, 6.07) is -0.657. The zero-order valence-electron chi connectivity index (χ0n) is 9.96. The van der Waals surface area contributed by atoms with Crippen molar-refractivity contribution in [1.82, 2.24) is 5.09 Å². The Balaban J connectivity index is 2.78. The highest BCUT2D eigenvalue weighted by atomic mass is 32.5. The molecule has 1 N–H and O–H groups in total. The van der Waals surface area contributed by atoms with Crippen molar-refractivity contribution in [3.05, 3.63) is 0 Å². The molecular formula is C8H14N3O4PS. The van der Waals surface area contributed by atoms with Gasteiger partial charge < -0.3 is 14.0 Å². The van der Waals surface area contributed by atoms with Crippen LogP contribution < -0.4 is 5.09 Å². The maximum absolute atomic E-state index is 11.2. The van der Waals surface area contributed by atoms with E-state index in [1.54, 1.807) is 20.8 Å². The normalized spacial score (nSPS) is 20.0. The Kier molecular flexibility index (Phi) is 4.62. The smallest absolute Gasteiger partial charge is 0.408 e. The lowest BCUT2D eigenvalue weighted by molar-refractivity contribution is -0.142. The number of nitrogens with one attached hydrogen (secondary N) is 1. The van der Waals surface area contributed by atoms with Crippen molar-refractivity contribution in [2.24, 2.45) is 10.3 Å². The zero-order valence-corrected chi connectivity index (χ0v) is 11.7. The molecule has 96 valence electrons. The Morgan fingerprint density at radius 1 is 1.41 bits per heavy atom. The van der Waals surface area contributed by atoms with Crippen LogP contribution in [0.2, 0.25) is 0 Å². The summed E-state index contributed by atoms with van der Waals surface area (Å²) in [5.41, 5.74) is 1.15. The molecule has 1 unspecified atom stereocenters. The quantitative estimate of drug-likeness (QED) is 0.616. The first-order chi connectivity index (χ1) is 7.88. The van der Waals surface area contributed by atoms with E-state index in [0.717, 1.165) is 0 Å². The molecule has 0 fully saturated rings. The molecule has 0 saturated heterocycles. The number of oxime groups is 2. The first-order valence-electron chi connectivity index (χ1n) is 4.80. The lowest BCUT2D eigenvalue weighted by atomic mass is 10.3. The number of rotatable bonds is 3. The average Bonchev–Trinajstić information content (AvgIpc) is 2.42. The number of carbonyl (C=O) groups excluding carboxylic acids is 1. The van der Waals surface area contributed by atoms with E-state index < -0.39 is 18.7 Å². The summed E-state index contributed by atoms with van der Waals surface area (Å²) in [6.45, 7) is 2.08. The van der Waals surface area contributed by atoms with Crippen LogP contribution in [0.4, 0.5) is 0 Å². The molecular weight excluding hydrogens is 265 g/mol. The summed E-state index contributed by atoms with van der Waals surface area (Å²) < 4.78 is 14.8. The second kappa shape index (κ2) is 5.57. The van der Waals surface area contributed by atoms with Gasteiger partial charge in [-0.05, 0) is 20.8 Å². The van der Waals surface area contributed by atoms with Crippen molar-refractivity contribution in [3.8, 4) is 0 Å². The highest BCUT2D eigenvalue weighted by Gasteiger charge is 2.30. The molecule has 0 radical (unpaired) electrons. The number of esters is 1. The first-order valence-corrected chi connectivity index (χ1v) is 7.44. The molecule has 0 aromatic rings. The van der Waals surface area contributed by atoms with E-state index in [0.29, 0.717) is 11.4 Å². The van der Waals surface area contributed by atoms with E-state index in [1.807, 2.05) is 0 Å². The second-order valence-corrected chi connectivity index (χ2v) is 6.41. The molecule has 0 aliphatic carbocycles. The van der Waals surface area contributed by atoms with Crippen LogP contribution in [0.5, 0.6) is 0 Å². The molecule has 1 rings (SSSR count). The van der Waals surface area contributed by atoms with Gasteiger partial charge in [0.15, 0.2) is 0 Å². The Bertz CT molecular complexity index is 399. The predicted octanol–water partition coefficient (Wildman–Crippen LogP) is 1.16. The van der Waals surface area contributed by atoms with Crippen molar-refractivity contribution in [2.75, 3.05) is 7.11 Å². The second-order valence-electron chi connectivity index (χ2n) is 3.39. The van der Waals surface area contributed by atoms with Gasteiger partial charge in [0.05, 0.1) is 7.11 Å². The molecule has 0 spiro atoms. The summed E-state index contributed by atoms with van der Waals surface area (Å²) >= 11 is 5.12. The third-order valence-corrected chi connectivity index (χ3v) is 4.01. The Hall–Kier alpha value is -0.980. The number of methoxy groups -OCH3 is 1. The van der Waals surface area contributed by atoms with Crippen LogP contribution in [0.15, 0.2) is 10.3 Å². The minimum atomic E-state index is -2.95. The number of nitrogens with zero attached hydrogens (tertiary/aromatic N) is 2. The van der Waals surface area contributed by atoms with Gasteiger partial charge in [-0.25, -0.2) is 5.09 Å². The predicted molar refractivity (Wildman–Crippen MR) is 67.3 cm³/mol. The number of hydrogen-bond donors (Lipinski definition) is 1. The lowest BCUT2D eigenvalue weighted by Crippen LogP contribution is -2.33. The van der Waals surface area contributed by atoms with Gasteiger partial charge in [-0.15, -0.1) is 0 Å². The van der Waals surface area contributed by atoms with E-state index in [4.69, 9.17) is 21.1 Å². The third-order valence-electron chi connectivity index (χ3n) is 2.00. The fourth-order valence-corrected chi connectivity index (χ4v) is 2.73. The number of carbonyl (C=O) groups is 1. The SMILES string of the molecule is COC(=O)C(C)NP1(=S)ON=C(C)C(C)=NO1. The highest BCUT2D eigenvalue weighted by molar-refractivity contribution is 8.08. The molecule has 0 saturated carbocycles. The van der Waals surface area contributed by atoms with Crippen LogP contribution in [-0.2, 0) is 30.6 Å². The molecule has 0 aromatic heterocycles. The van der Waals surface area contributed by atoms with Crippen molar-refractivity contribution in [1.29, 1.82) is 0 Å². The summed E-state index contributed by atoms with van der Waals surface area (Å²) in [6.07, 6.45) is 0. The Morgan fingerprint density at radius 3 is 2.29 bits per heavy atom. The molecule has 1 aliphatic heterocycles. The maximum atomic E-state index is 11.2. The maximum Gasteiger partial charge on any atom is 0.408 e. The highest BCUT2D eigenvalue weighted by Crippen LogP contribution is 2.46. The molecule has 0 bridgehead atoms. The van der Waals surface area contributed by atoms with Crippen LogP contribution in [0.1, 0.15) is 20.8 Å². The summed E-state index contributed by atoms with van der Waals surface area (Å²) in [4.78, 5) is 11.2. The van der Waals surface area contributed by atoms with E-state index in [2.05, 4.69) is 20.1 Å². The van der Waals surface area contributed by atoms with Gasteiger partial charge >= 0.3 is 12.6 Å². The molecule has 0 amide bonds. The van der Waals surface area contributed by atoms with Gasteiger partial charge in [0.2, 0.25) is 0 Å². The zero-order chi connectivity index (χ0) is 13.1. The van der Waals surface area contributed by atoms with Gasteiger partial charge in [-0.3, -0.25) is 4.79 Å². The molecule has 1 aliphatic rings. The third kappa shape index (κ3) is 3.76. The Morgan fingerprint density at radius 2 is 1.88 bits per heavy atom. The number of ether oxygens (including phenoxy) is 1. The van der Waals surface area contributed by atoms with Crippen LogP contribution in [0.25, 0.3) is 0 Å². The average molecular weight is 279 g/mol. The van der Waals surface area contributed by atoms with E-state index in [9.17, 15) is 4.79 Å². The van der Waals surface area contributed by atoms with E-state index in [1.165, 1.54) is 7.11 Å². The molecule has 17 heavy (non-hydrogen) atoms. The van der Waals surface area contributed by atoms with Gasteiger partial charge in [0, 0.05) is 11.8 Å². The fourth-order valence-electron chi connectivity index (χ4n) is 0.891. The monoisotopic (exact) mass is 279 g/mol. The molecule has 1 heterocycles.